The molecule has 0 unspecified atom stereocenters. The molecule has 8 nitrogen and oxygen atoms in total. The van der Waals surface area contributed by atoms with Crippen LogP contribution in [0.5, 0.6) is 0 Å². The SMILES string of the molecule is COC(=O)c1ccn2c3c(nc2c1)[C@@H]1[C@H](C3)N[C@]2(Cc3ccc(Cl)cc3NC2=O)[C@H]1c1ccnc(Cl)c1F. The van der Waals surface area contributed by atoms with Gasteiger partial charge in [0.05, 0.1) is 18.4 Å². The Labute approximate surface area is 226 Å². The topological polar surface area (TPSA) is 97.6 Å². The molecule has 3 aliphatic rings. The number of rotatable bonds is 2. The molecule has 11 heteroatoms. The van der Waals surface area contributed by atoms with Crippen LogP contribution in [0.2, 0.25) is 10.2 Å². The van der Waals surface area contributed by atoms with Gasteiger partial charge in [-0.05, 0) is 41.5 Å². The van der Waals surface area contributed by atoms with E-state index < -0.39 is 23.2 Å². The van der Waals surface area contributed by atoms with E-state index in [1.54, 1.807) is 36.5 Å². The van der Waals surface area contributed by atoms with Crippen LogP contribution >= 0.6 is 23.2 Å². The number of nitrogens with zero attached hydrogens (tertiary/aromatic N) is 3. The molecule has 1 amide bonds. The second-order valence-corrected chi connectivity index (χ2v) is 10.7. The van der Waals surface area contributed by atoms with E-state index in [9.17, 15) is 9.59 Å². The number of benzene rings is 1. The summed E-state index contributed by atoms with van der Waals surface area (Å²) in [7, 11) is 1.33. The summed E-state index contributed by atoms with van der Waals surface area (Å²) in [6, 6.07) is 10.1. The Morgan fingerprint density at radius 3 is 2.89 bits per heavy atom. The number of fused-ring (bicyclic) bond motifs is 6. The lowest BCUT2D eigenvalue weighted by molar-refractivity contribution is -0.123. The summed E-state index contributed by atoms with van der Waals surface area (Å²) in [5.41, 5.74) is 3.34. The molecule has 2 aliphatic heterocycles. The van der Waals surface area contributed by atoms with Gasteiger partial charge in [-0.15, -0.1) is 0 Å². The van der Waals surface area contributed by atoms with E-state index >= 15 is 4.39 Å². The van der Waals surface area contributed by atoms with Gasteiger partial charge in [-0.1, -0.05) is 29.3 Å². The maximum atomic E-state index is 15.6. The summed E-state index contributed by atoms with van der Waals surface area (Å²) >= 11 is 12.3. The van der Waals surface area contributed by atoms with E-state index in [-0.39, 0.29) is 23.0 Å². The van der Waals surface area contributed by atoms with Crippen LogP contribution in [0, 0.1) is 5.82 Å². The highest BCUT2D eigenvalue weighted by Gasteiger charge is 2.63. The van der Waals surface area contributed by atoms with Crippen molar-refractivity contribution in [2.45, 2.75) is 36.3 Å². The highest BCUT2D eigenvalue weighted by Crippen LogP contribution is 2.56. The van der Waals surface area contributed by atoms with E-state index in [1.807, 2.05) is 10.5 Å². The quantitative estimate of drug-likeness (QED) is 0.285. The first kappa shape index (κ1) is 23.6. The Balaban J connectivity index is 1.41. The number of pyridine rings is 2. The molecular formula is C27H20Cl2FN5O3. The Bertz CT molecular complexity index is 1690. The largest absolute Gasteiger partial charge is 0.465 e. The number of ether oxygens (including phenoxy) is 1. The van der Waals surface area contributed by atoms with E-state index in [4.69, 9.17) is 32.9 Å². The minimum atomic E-state index is -1.16. The van der Waals surface area contributed by atoms with Crippen molar-refractivity contribution in [3.8, 4) is 0 Å². The molecule has 7 rings (SSSR count). The smallest absolute Gasteiger partial charge is 0.338 e. The fourth-order valence-electron chi connectivity index (χ4n) is 6.54. The molecule has 1 aliphatic carbocycles. The summed E-state index contributed by atoms with van der Waals surface area (Å²) in [6.07, 6.45) is 4.14. The van der Waals surface area contributed by atoms with Gasteiger partial charge in [0.2, 0.25) is 5.91 Å². The van der Waals surface area contributed by atoms with Crippen LogP contribution in [-0.4, -0.2) is 44.9 Å². The van der Waals surface area contributed by atoms with Crippen molar-refractivity contribution in [1.29, 1.82) is 0 Å². The van der Waals surface area contributed by atoms with E-state index in [2.05, 4.69) is 15.6 Å². The molecule has 1 spiro atoms. The summed E-state index contributed by atoms with van der Waals surface area (Å²) in [5.74, 6) is -2.35. The number of carbonyl (C=O) groups excluding carboxylic acids is 2. The summed E-state index contributed by atoms with van der Waals surface area (Å²) in [6.45, 7) is 0. The van der Waals surface area contributed by atoms with Gasteiger partial charge in [-0.3, -0.25) is 10.1 Å². The number of amides is 1. The molecule has 4 aromatic rings. The van der Waals surface area contributed by atoms with Crippen molar-refractivity contribution < 1.29 is 18.7 Å². The highest BCUT2D eigenvalue weighted by atomic mass is 35.5. The van der Waals surface area contributed by atoms with E-state index in [1.165, 1.54) is 13.3 Å². The number of anilines is 1. The zero-order valence-electron chi connectivity index (χ0n) is 20.0. The molecule has 0 bridgehead atoms. The van der Waals surface area contributed by atoms with Gasteiger partial charge in [0.15, 0.2) is 11.0 Å². The number of methoxy groups -OCH3 is 1. The first-order valence-corrected chi connectivity index (χ1v) is 12.8. The third-order valence-electron chi connectivity index (χ3n) is 8.08. The molecule has 1 fully saturated rings. The predicted octanol–water partition coefficient (Wildman–Crippen LogP) is 4.29. The zero-order valence-corrected chi connectivity index (χ0v) is 21.5. The Morgan fingerprint density at radius 1 is 1.24 bits per heavy atom. The van der Waals surface area contributed by atoms with Gasteiger partial charge in [-0.2, -0.15) is 0 Å². The van der Waals surface area contributed by atoms with Crippen molar-refractivity contribution in [2.24, 2.45) is 0 Å². The molecule has 0 saturated carbocycles. The first-order valence-electron chi connectivity index (χ1n) is 12.1. The number of aromatic nitrogens is 3. The van der Waals surface area contributed by atoms with Crippen LogP contribution in [0.25, 0.3) is 5.65 Å². The summed E-state index contributed by atoms with van der Waals surface area (Å²) in [5, 5.41) is 6.87. The molecule has 0 radical (unpaired) electrons. The Kier molecular flexibility index (Phi) is 5.11. The fraction of sp³-hybridized carbons (Fsp3) is 0.259. The van der Waals surface area contributed by atoms with Gasteiger partial charge in [0, 0.05) is 59.5 Å². The lowest BCUT2D eigenvalue weighted by atomic mass is 9.70. The number of hydrogen-bond acceptors (Lipinski definition) is 6. The Morgan fingerprint density at radius 2 is 2.08 bits per heavy atom. The molecule has 192 valence electrons. The second-order valence-electron chi connectivity index (χ2n) is 9.95. The number of halogens is 3. The number of hydrogen-bond donors (Lipinski definition) is 2. The van der Waals surface area contributed by atoms with E-state index in [0.717, 1.165) is 17.0 Å². The lowest BCUT2D eigenvalue weighted by Gasteiger charge is -2.40. The molecule has 5 heterocycles. The van der Waals surface area contributed by atoms with Crippen LogP contribution in [0.4, 0.5) is 10.1 Å². The third-order valence-corrected chi connectivity index (χ3v) is 8.58. The molecule has 3 aromatic heterocycles. The second kappa shape index (κ2) is 8.23. The number of nitrogens with one attached hydrogen (secondary N) is 2. The molecule has 4 atom stereocenters. The molecule has 2 N–H and O–H groups in total. The molecule has 38 heavy (non-hydrogen) atoms. The fourth-order valence-corrected chi connectivity index (χ4v) is 6.88. The van der Waals surface area contributed by atoms with Gasteiger partial charge in [0.25, 0.3) is 0 Å². The van der Waals surface area contributed by atoms with Gasteiger partial charge < -0.3 is 14.5 Å². The van der Waals surface area contributed by atoms with Crippen LogP contribution in [0.15, 0.2) is 48.8 Å². The van der Waals surface area contributed by atoms with E-state index in [0.29, 0.717) is 40.3 Å². The third kappa shape index (κ3) is 3.19. The molecule has 1 saturated heterocycles. The lowest BCUT2D eigenvalue weighted by Crippen LogP contribution is -2.59. The average molecular weight is 552 g/mol. The van der Waals surface area contributed by atoms with Gasteiger partial charge in [-0.25, -0.2) is 19.2 Å². The van der Waals surface area contributed by atoms with Crippen LogP contribution in [0.1, 0.15) is 44.7 Å². The van der Waals surface area contributed by atoms with Crippen LogP contribution in [-0.2, 0) is 22.4 Å². The normalized spacial score (nSPS) is 25.3. The van der Waals surface area contributed by atoms with Crippen molar-refractivity contribution in [3.63, 3.8) is 0 Å². The highest BCUT2D eigenvalue weighted by molar-refractivity contribution is 6.31. The summed E-state index contributed by atoms with van der Waals surface area (Å²) in [4.78, 5) is 34.8. The number of carbonyl (C=O) groups is 2. The minimum Gasteiger partial charge on any atom is -0.465 e. The van der Waals surface area contributed by atoms with Gasteiger partial charge in [0.1, 0.15) is 11.2 Å². The van der Waals surface area contributed by atoms with Gasteiger partial charge >= 0.3 is 5.97 Å². The number of imidazole rings is 1. The minimum absolute atomic E-state index is 0.180. The van der Waals surface area contributed by atoms with Crippen LogP contribution in [0.3, 0.4) is 0 Å². The van der Waals surface area contributed by atoms with Crippen molar-refractivity contribution >= 4 is 46.4 Å². The first-order chi connectivity index (χ1) is 18.3. The monoisotopic (exact) mass is 551 g/mol. The average Bonchev–Trinajstić information content (AvgIpc) is 3.52. The molecule has 1 aromatic carbocycles. The number of esters is 1. The summed E-state index contributed by atoms with van der Waals surface area (Å²) < 4.78 is 22.4. The Hall–Kier alpha value is -3.53. The van der Waals surface area contributed by atoms with Crippen molar-refractivity contribution in [3.05, 3.63) is 92.9 Å². The zero-order chi connectivity index (χ0) is 26.3. The van der Waals surface area contributed by atoms with Crippen LogP contribution < -0.4 is 10.6 Å². The van der Waals surface area contributed by atoms with Crippen molar-refractivity contribution in [1.82, 2.24) is 19.7 Å². The molecular weight excluding hydrogens is 532 g/mol. The predicted molar refractivity (Wildman–Crippen MR) is 138 cm³/mol. The maximum absolute atomic E-state index is 15.6. The standard InChI is InChI=1S/C27H20Cl2FN5O3/c1-38-25(36)12-5-7-35-18-10-17-20(23(18)33-19(35)8-12)21(15-4-6-31-24(29)22(15)30)27(34-17)11-13-2-3-14(28)9-16(13)32-26(27)37/h2-9,17,20-21,34H,10-11H2,1H3,(H,32,37)/t17-,20+,21-,27+/m0/s1. The van der Waals surface area contributed by atoms with Crippen molar-refractivity contribution in [2.75, 3.05) is 12.4 Å². The maximum Gasteiger partial charge on any atom is 0.338 e.